The van der Waals surface area contributed by atoms with Gasteiger partial charge in [-0.3, -0.25) is 0 Å². The number of aromatic nitrogens is 3. The summed E-state index contributed by atoms with van der Waals surface area (Å²) in [5.41, 5.74) is 3.14. The molecule has 0 aliphatic heterocycles. The molecule has 1 N–H and O–H groups in total. The maximum atomic E-state index is 6.05. The molecule has 0 spiro atoms. The van der Waals surface area contributed by atoms with E-state index < -0.39 is 0 Å². The Kier molecular flexibility index (Phi) is 4.56. The van der Waals surface area contributed by atoms with Crippen LogP contribution in [0.1, 0.15) is 25.1 Å². The van der Waals surface area contributed by atoms with E-state index in [9.17, 15) is 0 Å². The molecule has 0 bridgehead atoms. The quantitative estimate of drug-likeness (QED) is 0.914. The van der Waals surface area contributed by atoms with Crippen LogP contribution in [0.2, 0.25) is 5.02 Å². The van der Waals surface area contributed by atoms with E-state index in [1.165, 1.54) is 0 Å². The number of rotatable bonds is 5. The molecule has 0 fully saturated rings. The lowest BCUT2D eigenvalue weighted by Gasteiger charge is -2.11. The van der Waals surface area contributed by atoms with Crippen LogP contribution in [0.4, 0.5) is 0 Å². The molecule has 102 valence electrons. The van der Waals surface area contributed by atoms with Crippen molar-refractivity contribution in [3.05, 3.63) is 40.7 Å². The minimum absolute atomic E-state index is 0.622. The molecule has 2 aromatic rings. The van der Waals surface area contributed by atoms with Crippen molar-refractivity contribution in [1.29, 1.82) is 0 Å². The number of benzene rings is 1. The van der Waals surface area contributed by atoms with E-state index in [1.807, 2.05) is 29.8 Å². The molecule has 0 saturated heterocycles. The summed E-state index contributed by atoms with van der Waals surface area (Å²) in [5.74, 6) is 0.622. The molecule has 0 amide bonds. The molecule has 2 rings (SSSR count). The van der Waals surface area contributed by atoms with Crippen molar-refractivity contribution in [2.75, 3.05) is 6.54 Å². The summed E-state index contributed by atoms with van der Waals surface area (Å²) < 4.78 is 1.84. The summed E-state index contributed by atoms with van der Waals surface area (Å²) in [4.78, 5) is 0. The molecule has 0 radical (unpaired) electrons. The maximum Gasteiger partial charge on any atom is 0.0783 e. The van der Waals surface area contributed by atoms with E-state index in [4.69, 9.17) is 11.6 Å². The van der Waals surface area contributed by atoms with E-state index in [0.717, 1.165) is 30.0 Å². The van der Waals surface area contributed by atoms with Gasteiger partial charge in [0.1, 0.15) is 0 Å². The van der Waals surface area contributed by atoms with Gasteiger partial charge in [-0.2, -0.15) is 0 Å². The van der Waals surface area contributed by atoms with Crippen LogP contribution < -0.4 is 5.32 Å². The maximum absolute atomic E-state index is 6.05. The molecule has 0 saturated carbocycles. The zero-order valence-corrected chi connectivity index (χ0v) is 12.3. The highest BCUT2D eigenvalue weighted by Gasteiger charge is 2.09. The van der Waals surface area contributed by atoms with Crippen LogP contribution in [0.5, 0.6) is 0 Å². The predicted molar refractivity (Wildman–Crippen MR) is 77.7 cm³/mol. The smallest absolute Gasteiger partial charge is 0.0783 e. The largest absolute Gasteiger partial charge is 0.311 e. The normalized spacial score (nSPS) is 11.2. The Morgan fingerprint density at radius 3 is 2.89 bits per heavy atom. The van der Waals surface area contributed by atoms with Gasteiger partial charge >= 0.3 is 0 Å². The number of nitrogens with one attached hydrogen (secondary N) is 1. The molecule has 0 atom stereocenters. The van der Waals surface area contributed by atoms with Crippen LogP contribution in [0.3, 0.4) is 0 Å². The van der Waals surface area contributed by atoms with Crippen molar-refractivity contribution in [2.24, 2.45) is 5.92 Å². The molecule has 19 heavy (non-hydrogen) atoms. The van der Waals surface area contributed by atoms with Crippen LogP contribution in [-0.4, -0.2) is 21.5 Å². The Hall–Kier alpha value is -1.39. The Bertz CT molecular complexity index is 548. The minimum atomic E-state index is 0.622. The molecule has 5 heteroatoms. The van der Waals surface area contributed by atoms with Gasteiger partial charge in [0.15, 0.2) is 0 Å². The van der Waals surface area contributed by atoms with E-state index in [0.29, 0.717) is 10.9 Å². The van der Waals surface area contributed by atoms with Gasteiger partial charge in [-0.25, -0.2) is 4.68 Å². The second-order valence-electron chi connectivity index (χ2n) is 5.09. The average molecular weight is 279 g/mol. The number of nitrogens with zero attached hydrogens (tertiary/aromatic N) is 3. The van der Waals surface area contributed by atoms with Crippen LogP contribution in [-0.2, 0) is 6.54 Å². The first-order chi connectivity index (χ1) is 9.08. The molecule has 1 aromatic carbocycles. The van der Waals surface area contributed by atoms with Gasteiger partial charge in [0.05, 0.1) is 17.6 Å². The minimum Gasteiger partial charge on any atom is -0.311 e. The Morgan fingerprint density at radius 1 is 1.37 bits per heavy atom. The fraction of sp³-hybridized carbons (Fsp3) is 0.429. The highest BCUT2D eigenvalue weighted by Crippen LogP contribution is 2.19. The van der Waals surface area contributed by atoms with Crippen LogP contribution >= 0.6 is 11.6 Å². The van der Waals surface area contributed by atoms with E-state index >= 15 is 0 Å². The summed E-state index contributed by atoms with van der Waals surface area (Å²) in [5, 5.41) is 12.3. The van der Waals surface area contributed by atoms with Gasteiger partial charge in [0.25, 0.3) is 0 Å². The zero-order valence-electron chi connectivity index (χ0n) is 11.5. The topological polar surface area (TPSA) is 42.7 Å². The van der Waals surface area contributed by atoms with Gasteiger partial charge < -0.3 is 5.32 Å². The van der Waals surface area contributed by atoms with Crippen molar-refractivity contribution in [2.45, 2.75) is 27.3 Å². The second kappa shape index (κ2) is 6.17. The van der Waals surface area contributed by atoms with E-state index in [1.54, 1.807) is 6.20 Å². The van der Waals surface area contributed by atoms with Gasteiger partial charge in [0, 0.05) is 11.6 Å². The summed E-state index contributed by atoms with van der Waals surface area (Å²) >= 11 is 6.05. The van der Waals surface area contributed by atoms with Crippen molar-refractivity contribution < 1.29 is 0 Å². The van der Waals surface area contributed by atoms with Crippen molar-refractivity contribution in [3.63, 3.8) is 0 Å². The highest BCUT2D eigenvalue weighted by molar-refractivity contribution is 6.30. The average Bonchev–Trinajstić information content (AvgIpc) is 2.80. The van der Waals surface area contributed by atoms with Crippen LogP contribution in [0, 0.1) is 12.8 Å². The van der Waals surface area contributed by atoms with Gasteiger partial charge in [-0.1, -0.05) is 36.7 Å². The third-order valence-corrected chi connectivity index (χ3v) is 3.11. The summed E-state index contributed by atoms with van der Waals surface area (Å²) in [6, 6.07) is 5.79. The standard InChI is InChI=1S/C14H19ClN4/c1-10(2)7-16-8-13-9-17-18-19(13)14-6-12(15)5-4-11(14)3/h4-6,9-10,16H,7-8H2,1-3H3. The highest BCUT2D eigenvalue weighted by atomic mass is 35.5. The molecule has 1 aromatic heterocycles. The molecular formula is C14H19ClN4. The zero-order chi connectivity index (χ0) is 13.8. The van der Waals surface area contributed by atoms with Crippen LogP contribution in [0.25, 0.3) is 5.69 Å². The Balaban J connectivity index is 2.21. The summed E-state index contributed by atoms with van der Waals surface area (Å²) in [7, 11) is 0. The van der Waals surface area contributed by atoms with Gasteiger partial charge in [-0.15, -0.1) is 5.10 Å². The van der Waals surface area contributed by atoms with Crippen molar-refractivity contribution in [1.82, 2.24) is 20.3 Å². The molecular weight excluding hydrogens is 260 g/mol. The third-order valence-electron chi connectivity index (χ3n) is 2.88. The van der Waals surface area contributed by atoms with Crippen molar-refractivity contribution in [3.8, 4) is 5.69 Å². The van der Waals surface area contributed by atoms with E-state index in [2.05, 4.69) is 29.5 Å². The summed E-state index contributed by atoms with van der Waals surface area (Å²) in [6.07, 6.45) is 1.79. The fourth-order valence-electron chi connectivity index (χ4n) is 1.88. The summed E-state index contributed by atoms with van der Waals surface area (Å²) in [6.45, 7) is 8.13. The first-order valence-electron chi connectivity index (χ1n) is 6.44. The van der Waals surface area contributed by atoms with Gasteiger partial charge in [0.2, 0.25) is 0 Å². The number of halogens is 1. The molecule has 4 nitrogen and oxygen atoms in total. The first kappa shape index (κ1) is 14.0. The lowest BCUT2D eigenvalue weighted by molar-refractivity contribution is 0.542. The Morgan fingerprint density at radius 2 is 2.16 bits per heavy atom. The number of hydrogen-bond acceptors (Lipinski definition) is 3. The monoisotopic (exact) mass is 278 g/mol. The SMILES string of the molecule is Cc1ccc(Cl)cc1-n1nncc1CNCC(C)C. The second-order valence-corrected chi connectivity index (χ2v) is 5.53. The fourth-order valence-corrected chi connectivity index (χ4v) is 2.05. The molecule has 1 heterocycles. The van der Waals surface area contributed by atoms with Gasteiger partial charge in [-0.05, 0) is 37.1 Å². The van der Waals surface area contributed by atoms with Crippen molar-refractivity contribution >= 4 is 11.6 Å². The molecule has 0 aliphatic rings. The number of hydrogen-bond donors (Lipinski definition) is 1. The Labute approximate surface area is 118 Å². The third kappa shape index (κ3) is 3.55. The molecule has 0 aliphatic carbocycles. The lowest BCUT2D eigenvalue weighted by Crippen LogP contribution is -2.21. The molecule has 0 unspecified atom stereocenters. The first-order valence-corrected chi connectivity index (χ1v) is 6.82. The number of aryl methyl sites for hydroxylation is 1. The lowest BCUT2D eigenvalue weighted by atomic mass is 10.2. The predicted octanol–water partition coefficient (Wildman–Crippen LogP) is 2.97. The van der Waals surface area contributed by atoms with E-state index in [-0.39, 0.29) is 0 Å². The van der Waals surface area contributed by atoms with Crippen LogP contribution in [0.15, 0.2) is 24.4 Å².